The lowest BCUT2D eigenvalue weighted by molar-refractivity contribution is 0.232. The molecule has 0 aliphatic carbocycles. The Morgan fingerprint density at radius 2 is 1.80 bits per heavy atom. The SMILES string of the molecule is COc1ccc(CN2CCNCC2)c(Br)c1OC.Cl.Cl. The van der Waals surface area contributed by atoms with Gasteiger partial charge < -0.3 is 14.8 Å². The molecule has 1 aromatic rings. The lowest BCUT2D eigenvalue weighted by Gasteiger charge is -2.27. The van der Waals surface area contributed by atoms with Gasteiger partial charge in [-0.15, -0.1) is 24.8 Å². The predicted molar refractivity (Wildman–Crippen MR) is 89.9 cm³/mol. The van der Waals surface area contributed by atoms with Crippen LogP contribution in [0.1, 0.15) is 5.56 Å². The number of hydrogen-bond acceptors (Lipinski definition) is 4. The molecule has 1 aliphatic rings. The molecule has 0 radical (unpaired) electrons. The van der Waals surface area contributed by atoms with Crippen molar-refractivity contribution in [2.24, 2.45) is 0 Å². The van der Waals surface area contributed by atoms with E-state index >= 15 is 0 Å². The summed E-state index contributed by atoms with van der Waals surface area (Å²) in [6.45, 7) is 5.22. The molecular weight excluding hydrogens is 367 g/mol. The molecular formula is C13H21BrCl2N2O2. The summed E-state index contributed by atoms with van der Waals surface area (Å²) in [5.41, 5.74) is 1.23. The second kappa shape index (κ2) is 9.68. The molecule has 4 nitrogen and oxygen atoms in total. The van der Waals surface area contributed by atoms with E-state index in [0.717, 1.165) is 48.7 Å². The molecule has 1 aromatic carbocycles. The van der Waals surface area contributed by atoms with Gasteiger partial charge in [-0.3, -0.25) is 4.90 Å². The number of hydrogen-bond donors (Lipinski definition) is 1. The Morgan fingerprint density at radius 3 is 2.35 bits per heavy atom. The quantitative estimate of drug-likeness (QED) is 0.861. The smallest absolute Gasteiger partial charge is 0.175 e. The fourth-order valence-electron chi connectivity index (χ4n) is 2.16. The maximum Gasteiger partial charge on any atom is 0.175 e. The number of nitrogens with zero attached hydrogens (tertiary/aromatic N) is 1. The first-order valence-electron chi connectivity index (χ1n) is 6.08. The van der Waals surface area contributed by atoms with Gasteiger partial charge in [0, 0.05) is 32.7 Å². The summed E-state index contributed by atoms with van der Waals surface area (Å²) in [6.07, 6.45) is 0. The van der Waals surface area contributed by atoms with E-state index < -0.39 is 0 Å². The van der Waals surface area contributed by atoms with Crippen LogP contribution in [0.5, 0.6) is 11.5 Å². The largest absolute Gasteiger partial charge is 0.493 e. The number of piperazine rings is 1. The van der Waals surface area contributed by atoms with Crippen LogP contribution in [0.15, 0.2) is 16.6 Å². The molecule has 1 aliphatic heterocycles. The zero-order valence-electron chi connectivity index (χ0n) is 11.6. The third kappa shape index (κ3) is 4.67. The van der Waals surface area contributed by atoms with E-state index in [0.29, 0.717) is 0 Å². The van der Waals surface area contributed by atoms with Crippen molar-refractivity contribution in [2.45, 2.75) is 6.54 Å². The van der Waals surface area contributed by atoms with Crippen LogP contribution in [-0.4, -0.2) is 45.3 Å². The standard InChI is InChI=1S/C13H19BrN2O2.2ClH/c1-17-11-4-3-10(12(14)13(11)18-2)9-16-7-5-15-6-8-16;;/h3-4,15H,5-9H2,1-2H3;2*1H. The Hall–Kier alpha value is -0.200. The van der Waals surface area contributed by atoms with Gasteiger partial charge >= 0.3 is 0 Å². The first kappa shape index (κ1) is 19.8. The molecule has 1 N–H and O–H groups in total. The molecule has 0 amide bonds. The van der Waals surface area contributed by atoms with Crippen molar-refractivity contribution in [2.75, 3.05) is 40.4 Å². The van der Waals surface area contributed by atoms with Crippen molar-refractivity contribution in [3.63, 3.8) is 0 Å². The summed E-state index contributed by atoms with van der Waals surface area (Å²) in [7, 11) is 3.32. The minimum atomic E-state index is 0. The Labute approximate surface area is 141 Å². The van der Waals surface area contributed by atoms with Gasteiger partial charge in [0.2, 0.25) is 0 Å². The van der Waals surface area contributed by atoms with E-state index in [1.54, 1.807) is 14.2 Å². The molecule has 0 atom stereocenters. The summed E-state index contributed by atoms with van der Waals surface area (Å²) in [5, 5.41) is 3.36. The Morgan fingerprint density at radius 1 is 1.15 bits per heavy atom. The minimum absolute atomic E-state index is 0. The summed E-state index contributed by atoms with van der Waals surface area (Å²) in [4.78, 5) is 2.43. The van der Waals surface area contributed by atoms with E-state index in [9.17, 15) is 0 Å². The Balaban J connectivity index is 0.00000180. The van der Waals surface area contributed by atoms with Crippen molar-refractivity contribution < 1.29 is 9.47 Å². The first-order valence-corrected chi connectivity index (χ1v) is 6.88. The fraction of sp³-hybridized carbons (Fsp3) is 0.538. The molecule has 116 valence electrons. The van der Waals surface area contributed by atoms with Gasteiger partial charge in [0.25, 0.3) is 0 Å². The highest BCUT2D eigenvalue weighted by molar-refractivity contribution is 9.10. The number of methoxy groups -OCH3 is 2. The van der Waals surface area contributed by atoms with Gasteiger partial charge in [-0.1, -0.05) is 6.07 Å². The first-order chi connectivity index (χ1) is 8.76. The molecule has 7 heteroatoms. The van der Waals surface area contributed by atoms with Crippen molar-refractivity contribution in [3.05, 3.63) is 22.2 Å². The van der Waals surface area contributed by atoms with Gasteiger partial charge in [-0.05, 0) is 27.6 Å². The van der Waals surface area contributed by atoms with Gasteiger partial charge in [-0.25, -0.2) is 0 Å². The second-order valence-corrected chi connectivity index (χ2v) is 5.09. The molecule has 0 bridgehead atoms. The molecule has 0 saturated carbocycles. The molecule has 0 spiro atoms. The van der Waals surface area contributed by atoms with Crippen LogP contribution < -0.4 is 14.8 Å². The topological polar surface area (TPSA) is 33.7 Å². The third-order valence-corrected chi connectivity index (χ3v) is 4.04. The van der Waals surface area contributed by atoms with Crippen LogP contribution in [0.2, 0.25) is 0 Å². The lowest BCUT2D eigenvalue weighted by Crippen LogP contribution is -2.42. The number of ether oxygens (including phenoxy) is 2. The molecule has 2 rings (SSSR count). The van der Waals surface area contributed by atoms with Gasteiger partial charge in [0.15, 0.2) is 11.5 Å². The number of rotatable bonds is 4. The third-order valence-electron chi connectivity index (χ3n) is 3.17. The van der Waals surface area contributed by atoms with Crippen LogP contribution in [-0.2, 0) is 6.54 Å². The second-order valence-electron chi connectivity index (χ2n) is 4.30. The van der Waals surface area contributed by atoms with Crippen LogP contribution in [0.25, 0.3) is 0 Å². The monoisotopic (exact) mass is 386 g/mol. The number of halogens is 3. The van der Waals surface area contributed by atoms with Gasteiger partial charge in [0.1, 0.15) is 0 Å². The maximum atomic E-state index is 5.39. The van der Waals surface area contributed by atoms with E-state index in [-0.39, 0.29) is 24.8 Å². The molecule has 0 aromatic heterocycles. The van der Waals surface area contributed by atoms with Gasteiger partial charge in [0.05, 0.1) is 18.7 Å². The highest BCUT2D eigenvalue weighted by Gasteiger charge is 2.16. The molecule has 0 unspecified atom stereocenters. The highest BCUT2D eigenvalue weighted by Crippen LogP contribution is 2.37. The predicted octanol–water partition coefficient (Wildman–Crippen LogP) is 2.72. The molecule has 1 heterocycles. The maximum absolute atomic E-state index is 5.39. The minimum Gasteiger partial charge on any atom is -0.493 e. The lowest BCUT2D eigenvalue weighted by atomic mass is 10.1. The van der Waals surface area contributed by atoms with Crippen LogP contribution in [0.4, 0.5) is 0 Å². The molecule has 20 heavy (non-hydrogen) atoms. The van der Waals surface area contributed by atoms with E-state index in [1.807, 2.05) is 6.07 Å². The number of benzene rings is 1. The van der Waals surface area contributed by atoms with Crippen molar-refractivity contribution in [1.82, 2.24) is 10.2 Å². The Bertz CT molecular complexity index is 416. The van der Waals surface area contributed by atoms with Crippen LogP contribution in [0.3, 0.4) is 0 Å². The summed E-state index contributed by atoms with van der Waals surface area (Å²) < 4.78 is 11.7. The normalized spacial score (nSPS) is 14.9. The van der Waals surface area contributed by atoms with Crippen molar-refractivity contribution >= 4 is 40.7 Å². The summed E-state index contributed by atoms with van der Waals surface area (Å²) in [6, 6.07) is 4.05. The highest BCUT2D eigenvalue weighted by atomic mass is 79.9. The average molecular weight is 388 g/mol. The Kier molecular flexibility index (Phi) is 9.59. The zero-order valence-corrected chi connectivity index (χ0v) is 14.9. The average Bonchev–Trinajstić information content (AvgIpc) is 2.42. The van der Waals surface area contributed by atoms with Crippen LogP contribution >= 0.6 is 40.7 Å². The van der Waals surface area contributed by atoms with Gasteiger partial charge in [-0.2, -0.15) is 0 Å². The molecule has 1 fully saturated rings. The van der Waals surface area contributed by atoms with E-state index in [2.05, 4.69) is 32.2 Å². The summed E-state index contributed by atoms with van der Waals surface area (Å²) in [5.74, 6) is 1.53. The van der Waals surface area contributed by atoms with E-state index in [1.165, 1.54) is 5.56 Å². The van der Waals surface area contributed by atoms with Crippen molar-refractivity contribution in [1.29, 1.82) is 0 Å². The molecule has 1 saturated heterocycles. The zero-order chi connectivity index (χ0) is 13.0. The fourth-order valence-corrected chi connectivity index (χ4v) is 2.78. The van der Waals surface area contributed by atoms with Crippen molar-refractivity contribution in [3.8, 4) is 11.5 Å². The van der Waals surface area contributed by atoms with E-state index in [4.69, 9.17) is 9.47 Å². The summed E-state index contributed by atoms with van der Waals surface area (Å²) >= 11 is 3.61. The number of nitrogens with one attached hydrogen (secondary N) is 1. The van der Waals surface area contributed by atoms with Crippen LogP contribution in [0, 0.1) is 0 Å².